The molecule has 0 radical (unpaired) electrons. The highest BCUT2D eigenvalue weighted by Crippen LogP contribution is 2.18. The molecule has 0 aromatic carbocycles. The van der Waals surface area contributed by atoms with Crippen molar-refractivity contribution in [3.63, 3.8) is 0 Å². The highest BCUT2D eigenvalue weighted by molar-refractivity contribution is 5.87. The molecule has 0 bridgehead atoms. The molecule has 1 fully saturated rings. The Kier molecular flexibility index (Phi) is 4.05. The van der Waals surface area contributed by atoms with Gasteiger partial charge in [0.2, 0.25) is 5.91 Å². The van der Waals surface area contributed by atoms with Gasteiger partial charge >= 0.3 is 5.97 Å². The fourth-order valence-corrected chi connectivity index (χ4v) is 1.75. The lowest BCUT2D eigenvalue weighted by Gasteiger charge is -2.24. The summed E-state index contributed by atoms with van der Waals surface area (Å²) < 4.78 is 4.76. The van der Waals surface area contributed by atoms with E-state index < -0.39 is 18.1 Å². The highest BCUT2D eigenvalue weighted by atomic mass is 16.5. The lowest BCUT2D eigenvalue weighted by atomic mass is 10.2. The van der Waals surface area contributed by atoms with Crippen molar-refractivity contribution in [2.45, 2.75) is 24.9 Å². The topological polar surface area (TPSA) is 92.9 Å². The van der Waals surface area contributed by atoms with Crippen molar-refractivity contribution in [2.24, 2.45) is 5.73 Å². The van der Waals surface area contributed by atoms with E-state index in [1.54, 1.807) is 0 Å². The number of nitrogens with two attached hydrogens (primary N) is 1. The maximum atomic E-state index is 11.7. The van der Waals surface area contributed by atoms with E-state index >= 15 is 0 Å². The van der Waals surface area contributed by atoms with Gasteiger partial charge in [0.1, 0.15) is 12.1 Å². The molecular formula is C9H16N2O4. The van der Waals surface area contributed by atoms with Crippen molar-refractivity contribution in [1.29, 1.82) is 0 Å². The van der Waals surface area contributed by atoms with Crippen LogP contribution in [0.5, 0.6) is 0 Å². The number of amides is 1. The second-order valence-electron chi connectivity index (χ2n) is 3.59. The van der Waals surface area contributed by atoms with E-state index in [2.05, 4.69) is 0 Å². The van der Waals surface area contributed by atoms with Gasteiger partial charge in [-0.15, -0.1) is 0 Å². The minimum absolute atomic E-state index is 0.113. The number of carbonyl (C=O) groups excluding carboxylic acids is 1. The monoisotopic (exact) mass is 216 g/mol. The Morgan fingerprint density at radius 3 is 2.87 bits per heavy atom. The zero-order chi connectivity index (χ0) is 11.4. The number of hydrogen-bond acceptors (Lipinski definition) is 4. The average Bonchev–Trinajstić information content (AvgIpc) is 2.65. The molecule has 0 aliphatic carbocycles. The van der Waals surface area contributed by atoms with E-state index in [-0.39, 0.29) is 12.5 Å². The molecule has 3 N–H and O–H groups in total. The summed E-state index contributed by atoms with van der Waals surface area (Å²) in [6.07, 6.45) is 1.21. The minimum atomic E-state index is -0.967. The molecule has 6 nitrogen and oxygen atoms in total. The third-order valence-corrected chi connectivity index (χ3v) is 2.48. The Morgan fingerprint density at radius 1 is 1.67 bits per heavy atom. The number of carboxylic acids is 1. The molecule has 86 valence electrons. The largest absolute Gasteiger partial charge is 0.480 e. The molecule has 1 aliphatic heterocycles. The summed E-state index contributed by atoms with van der Waals surface area (Å²) in [6.45, 7) is 0.578. The van der Waals surface area contributed by atoms with Gasteiger partial charge in [-0.25, -0.2) is 4.79 Å². The highest BCUT2D eigenvalue weighted by Gasteiger charge is 2.35. The first kappa shape index (κ1) is 11.9. The number of rotatable bonds is 4. The Hall–Kier alpha value is -1.14. The average molecular weight is 216 g/mol. The van der Waals surface area contributed by atoms with E-state index in [1.165, 1.54) is 12.0 Å². The molecule has 0 aromatic heterocycles. The van der Waals surface area contributed by atoms with Crippen LogP contribution >= 0.6 is 0 Å². The summed E-state index contributed by atoms with van der Waals surface area (Å²) in [5.41, 5.74) is 5.56. The molecular weight excluding hydrogens is 200 g/mol. The van der Waals surface area contributed by atoms with Crippen molar-refractivity contribution in [2.75, 3.05) is 20.3 Å². The lowest BCUT2D eigenvalue weighted by molar-refractivity contribution is -0.149. The zero-order valence-electron chi connectivity index (χ0n) is 8.68. The number of hydrogen-bond donors (Lipinski definition) is 2. The molecule has 1 amide bonds. The Morgan fingerprint density at radius 2 is 2.33 bits per heavy atom. The summed E-state index contributed by atoms with van der Waals surface area (Å²) >= 11 is 0. The fraction of sp³-hybridized carbons (Fsp3) is 0.778. The molecule has 0 aromatic rings. The smallest absolute Gasteiger partial charge is 0.326 e. The molecule has 15 heavy (non-hydrogen) atoms. The standard InChI is InChI=1S/C9H16N2O4/c1-15-5-6(10)8(12)11-4-2-3-7(11)9(13)14/h6-7H,2-5,10H2,1H3,(H,13,14). The summed E-state index contributed by atoms with van der Waals surface area (Å²) in [5.74, 6) is -1.31. The van der Waals surface area contributed by atoms with Crippen LogP contribution in [-0.2, 0) is 14.3 Å². The van der Waals surface area contributed by atoms with Crippen LogP contribution in [0.15, 0.2) is 0 Å². The third kappa shape index (κ3) is 2.66. The first-order chi connectivity index (χ1) is 7.07. The van der Waals surface area contributed by atoms with Gasteiger partial charge in [-0.2, -0.15) is 0 Å². The van der Waals surface area contributed by atoms with E-state index in [0.717, 1.165) is 0 Å². The molecule has 2 unspecified atom stereocenters. The van der Waals surface area contributed by atoms with Gasteiger partial charge in [0.25, 0.3) is 0 Å². The number of aliphatic carboxylic acids is 1. The Labute approximate surface area is 88.0 Å². The predicted molar refractivity (Wildman–Crippen MR) is 52.2 cm³/mol. The van der Waals surface area contributed by atoms with E-state index in [0.29, 0.717) is 19.4 Å². The van der Waals surface area contributed by atoms with Crippen molar-refractivity contribution in [3.05, 3.63) is 0 Å². The Balaban J connectivity index is 2.62. The van der Waals surface area contributed by atoms with E-state index in [1.807, 2.05) is 0 Å². The van der Waals surface area contributed by atoms with Crippen LogP contribution in [0.25, 0.3) is 0 Å². The second-order valence-corrected chi connectivity index (χ2v) is 3.59. The number of ether oxygens (including phenoxy) is 1. The van der Waals surface area contributed by atoms with Crippen LogP contribution in [0.3, 0.4) is 0 Å². The predicted octanol–water partition coefficient (Wildman–Crippen LogP) is -0.964. The SMILES string of the molecule is COCC(N)C(=O)N1CCCC1C(=O)O. The van der Waals surface area contributed by atoms with Crippen molar-refractivity contribution >= 4 is 11.9 Å². The number of carbonyl (C=O) groups is 2. The summed E-state index contributed by atoms with van der Waals surface area (Å²) in [4.78, 5) is 23.9. The van der Waals surface area contributed by atoms with Crippen molar-refractivity contribution < 1.29 is 19.4 Å². The molecule has 1 aliphatic rings. The van der Waals surface area contributed by atoms with Gasteiger partial charge < -0.3 is 20.5 Å². The maximum Gasteiger partial charge on any atom is 0.326 e. The molecule has 1 saturated heterocycles. The molecule has 0 spiro atoms. The van der Waals surface area contributed by atoms with Gasteiger partial charge in [0, 0.05) is 13.7 Å². The van der Waals surface area contributed by atoms with Crippen LogP contribution in [-0.4, -0.2) is 54.2 Å². The molecule has 2 atom stereocenters. The first-order valence-electron chi connectivity index (χ1n) is 4.85. The van der Waals surface area contributed by atoms with Gasteiger partial charge in [-0.1, -0.05) is 0 Å². The van der Waals surface area contributed by atoms with Crippen LogP contribution in [0.4, 0.5) is 0 Å². The fourth-order valence-electron chi connectivity index (χ4n) is 1.75. The third-order valence-electron chi connectivity index (χ3n) is 2.48. The van der Waals surface area contributed by atoms with Crippen LogP contribution < -0.4 is 5.73 Å². The van der Waals surface area contributed by atoms with Crippen LogP contribution in [0.1, 0.15) is 12.8 Å². The Bertz CT molecular complexity index is 256. The van der Waals surface area contributed by atoms with Gasteiger partial charge in [-0.3, -0.25) is 4.79 Å². The van der Waals surface area contributed by atoms with Crippen molar-refractivity contribution in [1.82, 2.24) is 4.90 Å². The van der Waals surface area contributed by atoms with Gasteiger partial charge in [-0.05, 0) is 12.8 Å². The van der Waals surface area contributed by atoms with E-state index in [9.17, 15) is 9.59 Å². The summed E-state index contributed by atoms with van der Waals surface area (Å²) in [6, 6.07) is -1.49. The molecule has 0 saturated carbocycles. The maximum absolute atomic E-state index is 11.7. The first-order valence-corrected chi connectivity index (χ1v) is 4.85. The summed E-state index contributed by atoms with van der Waals surface area (Å²) in [7, 11) is 1.45. The lowest BCUT2D eigenvalue weighted by Crippen LogP contribution is -2.50. The van der Waals surface area contributed by atoms with Crippen molar-refractivity contribution in [3.8, 4) is 0 Å². The number of likely N-dealkylation sites (tertiary alicyclic amines) is 1. The molecule has 1 rings (SSSR count). The number of methoxy groups -OCH3 is 1. The second kappa shape index (κ2) is 5.09. The normalized spacial score (nSPS) is 22.8. The van der Waals surface area contributed by atoms with Crippen LogP contribution in [0, 0.1) is 0 Å². The number of carboxylic acid groups (broad SMARTS) is 1. The van der Waals surface area contributed by atoms with Gasteiger partial charge in [0.15, 0.2) is 0 Å². The number of nitrogens with zero attached hydrogens (tertiary/aromatic N) is 1. The minimum Gasteiger partial charge on any atom is -0.480 e. The quantitative estimate of drug-likeness (QED) is 0.631. The van der Waals surface area contributed by atoms with Gasteiger partial charge in [0.05, 0.1) is 6.61 Å². The zero-order valence-corrected chi connectivity index (χ0v) is 8.68. The van der Waals surface area contributed by atoms with Crippen LogP contribution in [0.2, 0.25) is 0 Å². The molecule has 1 heterocycles. The van der Waals surface area contributed by atoms with E-state index in [4.69, 9.17) is 15.6 Å². The summed E-state index contributed by atoms with van der Waals surface area (Å²) in [5, 5.41) is 8.88. The molecule has 6 heteroatoms.